The number of nitrogens with one attached hydrogen (secondary N) is 1. The van der Waals surface area contributed by atoms with Gasteiger partial charge in [0.2, 0.25) is 0 Å². The first-order valence-corrected chi connectivity index (χ1v) is 5.61. The number of hydrogen-bond donors (Lipinski definition) is 1. The monoisotopic (exact) mass is 232 g/mol. The molecule has 86 valence electrons. The number of anilines is 1. The fraction of sp³-hybridized carbons (Fsp3) is 0.0625. The van der Waals surface area contributed by atoms with E-state index in [2.05, 4.69) is 17.3 Å². The molecule has 0 fully saturated rings. The molecule has 2 aromatic carbocycles. The lowest BCUT2D eigenvalue weighted by Crippen LogP contribution is -1.99. The normalized spacial score (nSPS) is 9.22. The van der Waals surface area contributed by atoms with Crippen molar-refractivity contribution in [2.24, 2.45) is 0 Å². The van der Waals surface area contributed by atoms with Gasteiger partial charge in [-0.15, -0.1) is 6.42 Å². The minimum absolute atomic E-state index is 0.670. The van der Waals surface area contributed by atoms with Gasteiger partial charge in [0.1, 0.15) is 0 Å². The smallest absolute Gasteiger partial charge is 0.0991 e. The first-order valence-electron chi connectivity index (χ1n) is 5.61. The van der Waals surface area contributed by atoms with Crippen LogP contribution in [-0.2, 0) is 6.54 Å². The van der Waals surface area contributed by atoms with E-state index in [1.54, 1.807) is 6.07 Å². The second-order valence-electron chi connectivity index (χ2n) is 3.89. The van der Waals surface area contributed by atoms with Crippen molar-refractivity contribution in [1.82, 2.24) is 0 Å². The second-order valence-corrected chi connectivity index (χ2v) is 3.89. The molecule has 2 aromatic rings. The Morgan fingerprint density at radius 1 is 1.06 bits per heavy atom. The molecule has 0 radical (unpaired) electrons. The molecule has 0 aliphatic rings. The van der Waals surface area contributed by atoms with E-state index in [1.165, 1.54) is 0 Å². The highest BCUT2D eigenvalue weighted by atomic mass is 14.9. The maximum absolute atomic E-state index is 8.82. The molecule has 0 aliphatic carbocycles. The van der Waals surface area contributed by atoms with Crippen molar-refractivity contribution in [3.63, 3.8) is 0 Å². The minimum atomic E-state index is 0.670. The van der Waals surface area contributed by atoms with Crippen LogP contribution >= 0.6 is 0 Å². The van der Waals surface area contributed by atoms with Crippen molar-refractivity contribution >= 4 is 5.69 Å². The molecule has 18 heavy (non-hydrogen) atoms. The van der Waals surface area contributed by atoms with Crippen LogP contribution in [0.25, 0.3) is 0 Å². The predicted octanol–water partition coefficient (Wildman–Crippen LogP) is 3.15. The van der Waals surface area contributed by atoms with Crippen LogP contribution in [0.2, 0.25) is 0 Å². The molecule has 0 unspecified atom stereocenters. The van der Waals surface area contributed by atoms with E-state index in [1.807, 2.05) is 42.5 Å². The van der Waals surface area contributed by atoms with Crippen molar-refractivity contribution in [2.75, 3.05) is 5.32 Å². The topological polar surface area (TPSA) is 35.8 Å². The Morgan fingerprint density at radius 3 is 2.61 bits per heavy atom. The molecule has 1 N–H and O–H groups in total. The number of hydrogen-bond acceptors (Lipinski definition) is 2. The third-order valence-electron chi connectivity index (χ3n) is 2.58. The van der Waals surface area contributed by atoms with Gasteiger partial charge >= 0.3 is 0 Å². The number of nitrogens with zero attached hydrogens (tertiary/aromatic N) is 1. The van der Waals surface area contributed by atoms with E-state index >= 15 is 0 Å². The van der Waals surface area contributed by atoms with Crippen molar-refractivity contribution < 1.29 is 0 Å². The van der Waals surface area contributed by atoms with Gasteiger partial charge in [0.05, 0.1) is 11.6 Å². The lowest BCUT2D eigenvalue weighted by atomic mass is 10.1. The Bertz CT molecular complexity index is 573. The number of nitriles is 1. The number of benzene rings is 2. The van der Waals surface area contributed by atoms with Crippen LogP contribution in [0.4, 0.5) is 5.69 Å². The summed E-state index contributed by atoms with van der Waals surface area (Å²) in [6.45, 7) is 0.670. The van der Waals surface area contributed by atoms with Gasteiger partial charge in [-0.3, -0.25) is 0 Å². The van der Waals surface area contributed by atoms with Crippen LogP contribution < -0.4 is 5.32 Å². The summed E-state index contributed by atoms with van der Waals surface area (Å²) in [5.74, 6) is 2.60. The highest BCUT2D eigenvalue weighted by molar-refractivity contribution is 5.50. The number of terminal acetylenes is 1. The summed E-state index contributed by atoms with van der Waals surface area (Å²) in [4.78, 5) is 0. The van der Waals surface area contributed by atoms with Crippen molar-refractivity contribution in [1.29, 1.82) is 5.26 Å². The number of rotatable bonds is 3. The molecule has 0 saturated heterocycles. The van der Waals surface area contributed by atoms with Crippen molar-refractivity contribution in [3.8, 4) is 18.4 Å². The molecule has 0 saturated carbocycles. The summed E-state index contributed by atoms with van der Waals surface area (Å²) in [5.41, 5.74) is 3.57. The predicted molar refractivity (Wildman–Crippen MR) is 72.9 cm³/mol. The van der Waals surface area contributed by atoms with E-state index in [0.29, 0.717) is 12.1 Å². The summed E-state index contributed by atoms with van der Waals surface area (Å²) >= 11 is 0. The van der Waals surface area contributed by atoms with Crippen LogP contribution in [0.15, 0.2) is 48.5 Å². The average molecular weight is 232 g/mol. The molecule has 0 aliphatic heterocycles. The van der Waals surface area contributed by atoms with Gasteiger partial charge in [-0.25, -0.2) is 0 Å². The van der Waals surface area contributed by atoms with Gasteiger partial charge in [-0.2, -0.15) is 5.26 Å². The molecule has 2 rings (SSSR count). The van der Waals surface area contributed by atoms with Crippen LogP contribution in [-0.4, -0.2) is 0 Å². The van der Waals surface area contributed by atoms with Crippen LogP contribution in [0.5, 0.6) is 0 Å². The zero-order valence-electron chi connectivity index (χ0n) is 9.85. The molecular weight excluding hydrogens is 220 g/mol. The quantitative estimate of drug-likeness (QED) is 0.825. The summed E-state index contributed by atoms with van der Waals surface area (Å²) in [6.07, 6.45) is 5.35. The lowest BCUT2D eigenvalue weighted by Gasteiger charge is -2.07. The molecule has 0 bridgehead atoms. The SMILES string of the molecule is C#Cc1cccc(NCc2cccc(C#N)c2)c1. The maximum Gasteiger partial charge on any atom is 0.0991 e. The summed E-state index contributed by atoms with van der Waals surface area (Å²) < 4.78 is 0. The minimum Gasteiger partial charge on any atom is -0.381 e. The Morgan fingerprint density at radius 2 is 1.83 bits per heavy atom. The zero-order chi connectivity index (χ0) is 12.8. The summed E-state index contributed by atoms with van der Waals surface area (Å²) in [7, 11) is 0. The maximum atomic E-state index is 8.82. The van der Waals surface area contributed by atoms with E-state index in [9.17, 15) is 0 Å². The molecule has 0 spiro atoms. The lowest BCUT2D eigenvalue weighted by molar-refractivity contribution is 1.15. The summed E-state index contributed by atoms with van der Waals surface area (Å²) in [6, 6.07) is 17.4. The zero-order valence-corrected chi connectivity index (χ0v) is 9.85. The van der Waals surface area contributed by atoms with E-state index in [0.717, 1.165) is 16.8 Å². The molecule has 2 nitrogen and oxygen atoms in total. The molecule has 0 aromatic heterocycles. The summed E-state index contributed by atoms with van der Waals surface area (Å²) in [5, 5.41) is 12.1. The van der Waals surface area contributed by atoms with Crippen LogP contribution in [0.1, 0.15) is 16.7 Å². The average Bonchev–Trinajstić information content (AvgIpc) is 2.45. The highest BCUT2D eigenvalue weighted by Gasteiger charge is 1.96. The third kappa shape index (κ3) is 2.90. The standard InChI is InChI=1S/C16H12N2/c1-2-13-5-4-8-16(10-13)18-12-15-7-3-6-14(9-15)11-17/h1,3-10,18H,12H2. The van der Waals surface area contributed by atoms with Gasteiger partial charge in [-0.05, 0) is 35.9 Å². The Balaban J connectivity index is 2.07. The largest absolute Gasteiger partial charge is 0.381 e. The Kier molecular flexibility index (Phi) is 3.64. The van der Waals surface area contributed by atoms with Crippen LogP contribution in [0.3, 0.4) is 0 Å². The van der Waals surface area contributed by atoms with Crippen LogP contribution in [0, 0.1) is 23.7 Å². The molecular formula is C16H12N2. The van der Waals surface area contributed by atoms with E-state index in [4.69, 9.17) is 11.7 Å². The van der Waals surface area contributed by atoms with Gasteiger partial charge in [0.15, 0.2) is 0 Å². The molecule has 0 atom stereocenters. The van der Waals surface area contributed by atoms with Gasteiger partial charge in [-0.1, -0.05) is 24.1 Å². The van der Waals surface area contributed by atoms with Crippen molar-refractivity contribution in [2.45, 2.75) is 6.54 Å². The first-order chi connectivity index (χ1) is 8.81. The third-order valence-corrected chi connectivity index (χ3v) is 2.58. The fourth-order valence-corrected chi connectivity index (χ4v) is 1.67. The van der Waals surface area contributed by atoms with E-state index in [-0.39, 0.29) is 0 Å². The van der Waals surface area contributed by atoms with Gasteiger partial charge in [0.25, 0.3) is 0 Å². The fourth-order valence-electron chi connectivity index (χ4n) is 1.67. The van der Waals surface area contributed by atoms with Gasteiger partial charge in [0, 0.05) is 17.8 Å². The Hall–Kier alpha value is -2.71. The molecule has 2 heteroatoms. The Labute approximate surface area is 107 Å². The van der Waals surface area contributed by atoms with Crippen molar-refractivity contribution in [3.05, 3.63) is 65.2 Å². The highest BCUT2D eigenvalue weighted by Crippen LogP contribution is 2.12. The second kappa shape index (κ2) is 5.57. The van der Waals surface area contributed by atoms with Gasteiger partial charge < -0.3 is 5.32 Å². The van der Waals surface area contributed by atoms with E-state index < -0.39 is 0 Å². The molecule has 0 amide bonds. The molecule has 0 heterocycles. The first kappa shape index (κ1) is 11.8.